The van der Waals surface area contributed by atoms with E-state index in [-0.39, 0.29) is 17.6 Å². The Morgan fingerprint density at radius 2 is 2.31 bits per heavy atom. The molecule has 94 valence electrons. The number of hydrogen-bond acceptors (Lipinski definition) is 5. The maximum absolute atomic E-state index is 11.0. The van der Waals surface area contributed by atoms with Crippen LogP contribution in [-0.2, 0) is 19.0 Å². The number of rotatable bonds is 6. The van der Waals surface area contributed by atoms with Crippen LogP contribution in [-0.4, -0.2) is 51.6 Å². The SMILES string of the molecule is COC(=O)CC(C)NCC1(OC)CCOC1. The molecule has 2 unspecified atom stereocenters. The normalized spacial score (nSPS) is 26.7. The third-order valence-electron chi connectivity index (χ3n) is 2.97. The monoisotopic (exact) mass is 231 g/mol. The Morgan fingerprint density at radius 3 is 2.81 bits per heavy atom. The van der Waals surface area contributed by atoms with Gasteiger partial charge in [0.25, 0.3) is 0 Å². The van der Waals surface area contributed by atoms with Crippen molar-refractivity contribution in [2.24, 2.45) is 0 Å². The molecule has 1 N–H and O–H groups in total. The fourth-order valence-corrected chi connectivity index (χ4v) is 1.73. The van der Waals surface area contributed by atoms with Crippen LogP contribution in [0.25, 0.3) is 0 Å². The minimum atomic E-state index is -0.232. The number of hydrogen-bond donors (Lipinski definition) is 1. The van der Waals surface area contributed by atoms with Gasteiger partial charge in [0, 0.05) is 32.7 Å². The van der Waals surface area contributed by atoms with Crippen molar-refractivity contribution in [1.82, 2.24) is 5.32 Å². The van der Waals surface area contributed by atoms with Gasteiger partial charge in [-0.1, -0.05) is 0 Å². The second-order valence-corrected chi connectivity index (χ2v) is 4.25. The summed E-state index contributed by atoms with van der Waals surface area (Å²) in [4.78, 5) is 11.0. The molecule has 1 aliphatic rings. The Hall–Kier alpha value is -0.650. The highest BCUT2D eigenvalue weighted by atomic mass is 16.5. The summed E-state index contributed by atoms with van der Waals surface area (Å²) in [5.74, 6) is -0.200. The van der Waals surface area contributed by atoms with Crippen molar-refractivity contribution >= 4 is 5.97 Å². The highest BCUT2D eigenvalue weighted by Gasteiger charge is 2.34. The Morgan fingerprint density at radius 1 is 1.56 bits per heavy atom. The fourth-order valence-electron chi connectivity index (χ4n) is 1.73. The zero-order chi connectivity index (χ0) is 12.0. The van der Waals surface area contributed by atoms with E-state index in [0.717, 1.165) is 13.0 Å². The minimum absolute atomic E-state index is 0.0834. The zero-order valence-corrected chi connectivity index (χ0v) is 10.2. The van der Waals surface area contributed by atoms with Gasteiger partial charge in [-0.15, -0.1) is 0 Å². The molecule has 1 fully saturated rings. The van der Waals surface area contributed by atoms with E-state index in [2.05, 4.69) is 10.1 Å². The van der Waals surface area contributed by atoms with Gasteiger partial charge in [-0.2, -0.15) is 0 Å². The topological polar surface area (TPSA) is 56.8 Å². The lowest BCUT2D eigenvalue weighted by Gasteiger charge is -2.27. The molecule has 2 atom stereocenters. The molecule has 1 aliphatic heterocycles. The van der Waals surface area contributed by atoms with Crippen molar-refractivity contribution in [3.63, 3.8) is 0 Å². The second kappa shape index (κ2) is 6.18. The standard InChI is InChI=1S/C11H21NO4/c1-9(6-10(13)14-2)12-7-11(15-3)4-5-16-8-11/h9,12H,4-8H2,1-3H3. The predicted octanol–water partition coefficient (Wildman–Crippen LogP) is 0.333. The third-order valence-corrected chi connectivity index (χ3v) is 2.97. The van der Waals surface area contributed by atoms with Crippen LogP contribution >= 0.6 is 0 Å². The summed E-state index contributed by atoms with van der Waals surface area (Å²) >= 11 is 0. The molecule has 1 heterocycles. The molecule has 1 rings (SSSR count). The van der Waals surface area contributed by atoms with E-state index in [4.69, 9.17) is 9.47 Å². The Kier molecular flexibility index (Phi) is 5.18. The molecule has 0 saturated carbocycles. The van der Waals surface area contributed by atoms with Gasteiger partial charge in [0.1, 0.15) is 5.60 Å². The second-order valence-electron chi connectivity index (χ2n) is 4.25. The van der Waals surface area contributed by atoms with Gasteiger partial charge in [-0.3, -0.25) is 4.79 Å². The highest BCUT2D eigenvalue weighted by Crippen LogP contribution is 2.21. The summed E-state index contributed by atoms with van der Waals surface area (Å²) in [6, 6.07) is 0.0834. The maximum Gasteiger partial charge on any atom is 0.307 e. The van der Waals surface area contributed by atoms with Crippen molar-refractivity contribution in [2.75, 3.05) is 34.0 Å². The Labute approximate surface area is 96.4 Å². The largest absolute Gasteiger partial charge is 0.469 e. The first-order valence-corrected chi connectivity index (χ1v) is 5.55. The summed E-state index contributed by atoms with van der Waals surface area (Å²) in [6.45, 7) is 4.00. The molecule has 0 spiro atoms. The zero-order valence-electron chi connectivity index (χ0n) is 10.2. The number of nitrogens with one attached hydrogen (secondary N) is 1. The molecule has 5 nitrogen and oxygen atoms in total. The number of carbonyl (C=O) groups is 1. The van der Waals surface area contributed by atoms with Crippen LogP contribution in [0.1, 0.15) is 19.8 Å². The molecule has 1 saturated heterocycles. The summed E-state index contributed by atoms with van der Waals surface area (Å²) in [6.07, 6.45) is 1.26. The van der Waals surface area contributed by atoms with Gasteiger partial charge < -0.3 is 19.5 Å². The van der Waals surface area contributed by atoms with E-state index in [0.29, 0.717) is 19.6 Å². The van der Waals surface area contributed by atoms with Crippen molar-refractivity contribution in [3.05, 3.63) is 0 Å². The van der Waals surface area contributed by atoms with Crippen LogP contribution in [0.15, 0.2) is 0 Å². The summed E-state index contributed by atoms with van der Waals surface area (Å²) in [7, 11) is 3.10. The molecule has 0 radical (unpaired) electrons. The van der Waals surface area contributed by atoms with Gasteiger partial charge in [-0.25, -0.2) is 0 Å². The van der Waals surface area contributed by atoms with E-state index in [1.54, 1.807) is 7.11 Å². The van der Waals surface area contributed by atoms with E-state index < -0.39 is 0 Å². The Balaban J connectivity index is 2.29. The summed E-state index contributed by atoms with van der Waals surface area (Å²) in [5, 5.41) is 3.28. The average molecular weight is 231 g/mol. The van der Waals surface area contributed by atoms with Gasteiger partial charge >= 0.3 is 5.97 Å². The summed E-state index contributed by atoms with van der Waals surface area (Å²) < 4.78 is 15.4. The van der Waals surface area contributed by atoms with Crippen molar-refractivity contribution in [3.8, 4) is 0 Å². The molecule has 0 amide bonds. The van der Waals surface area contributed by atoms with Gasteiger partial charge in [-0.05, 0) is 6.92 Å². The summed E-state index contributed by atoms with van der Waals surface area (Å²) in [5.41, 5.74) is -0.232. The first-order valence-electron chi connectivity index (χ1n) is 5.55. The number of methoxy groups -OCH3 is 2. The van der Waals surface area contributed by atoms with E-state index >= 15 is 0 Å². The average Bonchev–Trinajstić information content (AvgIpc) is 2.75. The van der Waals surface area contributed by atoms with Crippen LogP contribution in [0.3, 0.4) is 0 Å². The molecule has 0 aromatic carbocycles. The van der Waals surface area contributed by atoms with Crippen LogP contribution < -0.4 is 5.32 Å². The van der Waals surface area contributed by atoms with E-state index in [1.165, 1.54) is 7.11 Å². The number of carbonyl (C=O) groups excluding carboxylic acids is 1. The Bertz CT molecular complexity index is 226. The van der Waals surface area contributed by atoms with Crippen LogP contribution in [0.2, 0.25) is 0 Å². The van der Waals surface area contributed by atoms with Gasteiger partial charge in [0.2, 0.25) is 0 Å². The van der Waals surface area contributed by atoms with Crippen molar-refractivity contribution in [2.45, 2.75) is 31.4 Å². The fraction of sp³-hybridized carbons (Fsp3) is 0.909. The van der Waals surface area contributed by atoms with Crippen molar-refractivity contribution < 1.29 is 19.0 Å². The van der Waals surface area contributed by atoms with Gasteiger partial charge in [0.05, 0.1) is 20.1 Å². The van der Waals surface area contributed by atoms with Gasteiger partial charge in [0.15, 0.2) is 0 Å². The quantitative estimate of drug-likeness (QED) is 0.668. The molecule has 0 aromatic rings. The molecule has 0 bridgehead atoms. The van der Waals surface area contributed by atoms with E-state index in [9.17, 15) is 4.79 Å². The molecule has 16 heavy (non-hydrogen) atoms. The first-order chi connectivity index (χ1) is 7.62. The molecule has 0 aromatic heterocycles. The molecular weight excluding hydrogens is 210 g/mol. The third kappa shape index (κ3) is 3.73. The van der Waals surface area contributed by atoms with Crippen LogP contribution in [0.5, 0.6) is 0 Å². The van der Waals surface area contributed by atoms with E-state index in [1.807, 2.05) is 6.92 Å². The van der Waals surface area contributed by atoms with Crippen LogP contribution in [0, 0.1) is 0 Å². The minimum Gasteiger partial charge on any atom is -0.469 e. The predicted molar refractivity (Wildman–Crippen MR) is 59.3 cm³/mol. The lowest BCUT2D eigenvalue weighted by Crippen LogP contribution is -2.46. The van der Waals surface area contributed by atoms with Crippen molar-refractivity contribution in [1.29, 1.82) is 0 Å². The lowest BCUT2D eigenvalue weighted by atomic mass is 10.0. The number of ether oxygens (including phenoxy) is 3. The highest BCUT2D eigenvalue weighted by molar-refractivity contribution is 5.69. The number of esters is 1. The molecule has 0 aliphatic carbocycles. The maximum atomic E-state index is 11.0. The van der Waals surface area contributed by atoms with Crippen LogP contribution in [0.4, 0.5) is 0 Å². The lowest BCUT2D eigenvalue weighted by molar-refractivity contribution is -0.141. The first kappa shape index (κ1) is 13.4. The molecular formula is C11H21NO4. The molecule has 5 heteroatoms. The smallest absolute Gasteiger partial charge is 0.307 e.